The molecule has 0 radical (unpaired) electrons. The van der Waals surface area contributed by atoms with Gasteiger partial charge in [0.15, 0.2) is 0 Å². The molecular weight excluding hydrogens is 498 g/mol. The molecule has 0 saturated carbocycles. The number of hydrogen-bond acceptors (Lipinski definition) is 0. The zero-order valence-corrected chi connectivity index (χ0v) is 26.0. The third kappa shape index (κ3) is 5.92. The number of hydrogen-bond donors (Lipinski definition) is 0. The predicted octanol–water partition coefficient (Wildman–Crippen LogP) is 3.06. The molecule has 0 bridgehead atoms. The summed E-state index contributed by atoms with van der Waals surface area (Å²) in [5.74, 6) is 3.81. The summed E-state index contributed by atoms with van der Waals surface area (Å²) in [6.07, 6.45) is 10.7. The Labute approximate surface area is 218 Å². The first kappa shape index (κ1) is 31.4. The first-order valence-electron chi connectivity index (χ1n) is 12.0. The summed E-state index contributed by atoms with van der Waals surface area (Å²) in [6, 6.07) is 0. The molecule has 31 heavy (non-hydrogen) atoms. The van der Waals surface area contributed by atoms with E-state index in [1.165, 1.54) is 0 Å². The standard InChI is InChI=1S/2C14H23.2ClH.Zr/c2*1-9(2)12-7-13(10(3)4)14(8-12)11(5)6;;;/h2*7-11H,1-6H3;2*1H;/q;;;;+2/p-2. The summed E-state index contributed by atoms with van der Waals surface area (Å²) in [7, 11) is 0. The zero-order chi connectivity index (χ0) is 22.3. The molecular formula is C28H46Cl2Zr. The summed E-state index contributed by atoms with van der Waals surface area (Å²) < 4.78 is 0.636. The molecule has 0 fully saturated rings. The Morgan fingerprint density at radius 3 is 1.00 bits per heavy atom. The Morgan fingerprint density at radius 1 is 0.516 bits per heavy atom. The average Bonchev–Trinajstić information content (AvgIpc) is 3.16. The van der Waals surface area contributed by atoms with E-state index in [9.17, 15) is 0 Å². The minimum atomic E-state index is -0.933. The summed E-state index contributed by atoms with van der Waals surface area (Å²) in [4.78, 5) is 0. The van der Waals surface area contributed by atoms with Gasteiger partial charge in [0, 0.05) is 0 Å². The van der Waals surface area contributed by atoms with Crippen LogP contribution in [0.2, 0.25) is 6.25 Å². The zero-order valence-electron chi connectivity index (χ0n) is 22.0. The van der Waals surface area contributed by atoms with Crippen LogP contribution >= 0.6 is 0 Å². The molecule has 2 rings (SSSR count). The molecule has 0 nitrogen and oxygen atoms in total. The first-order valence-corrected chi connectivity index (χ1v) is 14.4. The third-order valence-electron chi connectivity index (χ3n) is 7.20. The molecule has 0 amide bonds. The van der Waals surface area contributed by atoms with Crippen molar-refractivity contribution in [3.63, 3.8) is 0 Å². The molecule has 0 spiro atoms. The second-order valence-electron chi connectivity index (χ2n) is 11.3. The molecule has 2 unspecified atom stereocenters. The van der Waals surface area contributed by atoms with Crippen molar-refractivity contribution >= 4 is 0 Å². The van der Waals surface area contributed by atoms with E-state index in [-0.39, 0.29) is 24.8 Å². The second kappa shape index (κ2) is 11.7. The number of halogens is 2. The van der Waals surface area contributed by atoms with E-state index in [1.807, 2.05) is 0 Å². The second-order valence-corrected chi connectivity index (χ2v) is 16.0. The van der Waals surface area contributed by atoms with Crippen molar-refractivity contribution in [2.45, 2.75) is 89.3 Å². The van der Waals surface area contributed by atoms with Gasteiger partial charge in [-0.15, -0.1) is 0 Å². The molecule has 3 heteroatoms. The van der Waals surface area contributed by atoms with Crippen molar-refractivity contribution in [2.75, 3.05) is 0 Å². The van der Waals surface area contributed by atoms with E-state index in [2.05, 4.69) is 107 Å². The van der Waals surface area contributed by atoms with Gasteiger partial charge in [0.1, 0.15) is 0 Å². The van der Waals surface area contributed by atoms with E-state index in [4.69, 9.17) is 0 Å². The third-order valence-corrected chi connectivity index (χ3v) is 14.2. The van der Waals surface area contributed by atoms with Crippen molar-refractivity contribution in [3.8, 4) is 0 Å². The van der Waals surface area contributed by atoms with Crippen LogP contribution in [0.1, 0.15) is 83.1 Å². The van der Waals surface area contributed by atoms with Gasteiger partial charge in [-0.3, -0.25) is 0 Å². The molecule has 2 aliphatic rings. The van der Waals surface area contributed by atoms with Gasteiger partial charge in [-0.1, -0.05) is 0 Å². The molecule has 2 atom stereocenters. The van der Waals surface area contributed by atoms with Crippen LogP contribution in [0.25, 0.3) is 0 Å². The normalized spacial score (nSPS) is 25.6. The molecule has 0 aromatic rings. The molecule has 176 valence electrons. The Kier molecular flexibility index (Phi) is 11.9. The summed E-state index contributed by atoms with van der Waals surface area (Å²) in [5.41, 5.74) is 6.64. The first-order chi connectivity index (χ1) is 13.3. The maximum absolute atomic E-state index is 2.76. The van der Waals surface area contributed by atoms with Gasteiger partial charge < -0.3 is 24.8 Å². The van der Waals surface area contributed by atoms with Gasteiger partial charge in [0.05, 0.1) is 0 Å². The molecule has 0 N–H and O–H groups in total. The van der Waals surface area contributed by atoms with Crippen molar-refractivity contribution in [2.24, 2.45) is 35.5 Å². The average molecular weight is 545 g/mol. The largest absolute Gasteiger partial charge is 1.00 e. The van der Waals surface area contributed by atoms with Crippen molar-refractivity contribution in [1.29, 1.82) is 0 Å². The smallest absolute Gasteiger partial charge is 1.00 e. The van der Waals surface area contributed by atoms with E-state index in [1.54, 1.807) is 22.3 Å². The van der Waals surface area contributed by atoms with Gasteiger partial charge in [-0.25, -0.2) is 0 Å². The van der Waals surface area contributed by atoms with Crippen molar-refractivity contribution < 1.29 is 48.0 Å². The number of allylic oxidation sites excluding steroid dienone is 8. The molecule has 0 heterocycles. The summed E-state index contributed by atoms with van der Waals surface area (Å²) in [5, 5.41) is 0. The van der Waals surface area contributed by atoms with Crippen molar-refractivity contribution in [1.82, 2.24) is 0 Å². The van der Waals surface area contributed by atoms with Crippen LogP contribution in [0, 0.1) is 35.5 Å². The molecule has 0 aromatic carbocycles. The molecule has 0 saturated heterocycles. The fourth-order valence-corrected chi connectivity index (χ4v) is 11.9. The Morgan fingerprint density at radius 2 is 0.806 bits per heavy atom. The predicted molar refractivity (Wildman–Crippen MR) is 127 cm³/mol. The SMILES string of the molecule is CC(C)C1=C[C]([Zr+2][C]2(C(C)C)C=C(C(C)C)C=C2C(C)C)(C(C)C)C(C(C)C)=C1.[Cl-].[Cl-]. The topological polar surface area (TPSA) is 0 Å². The van der Waals surface area contributed by atoms with Crippen LogP contribution in [-0.4, -0.2) is 0 Å². The van der Waals surface area contributed by atoms with Gasteiger partial charge in [-0.05, 0) is 0 Å². The van der Waals surface area contributed by atoms with E-state index < -0.39 is 23.2 Å². The maximum atomic E-state index is 2.76. The fraction of sp³-hybridized carbons (Fsp3) is 0.714. The van der Waals surface area contributed by atoms with Gasteiger partial charge in [-0.2, -0.15) is 0 Å². The Balaban J connectivity index is 0.00000450. The van der Waals surface area contributed by atoms with Gasteiger partial charge in [0.2, 0.25) is 0 Å². The number of rotatable bonds is 8. The van der Waals surface area contributed by atoms with Crippen LogP contribution in [-0.2, 0) is 23.2 Å². The molecule has 0 aromatic heterocycles. The van der Waals surface area contributed by atoms with E-state index in [0.717, 1.165) is 0 Å². The Bertz CT molecular complexity index is 672. The fourth-order valence-electron chi connectivity index (χ4n) is 5.18. The van der Waals surface area contributed by atoms with Crippen LogP contribution in [0.15, 0.2) is 46.6 Å². The molecule has 2 aliphatic carbocycles. The minimum Gasteiger partial charge on any atom is -1.00 e. The quantitative estimate of drug-likeness (QED) is 0.441. The van der Waals surface area contributed by atoms with Crippen molar-refractivity contribution in [3.05, 3.63) is 46.6 Å². The van der Waals surface area contributed by atoms with Gasteiger partial charge in [0.25, 0.3) is 0 Å². The van der Waals surface area contributed by atoms with Gasteiger partial charge >= 0.3 is 195 Å². The van der Waals surface area contributed by atoms with Crippen LogP contribution in [0.4, 0.5) is 0 Å². The summed E-state index contributed by atoms with van der Waals surface area (Å²) >= 11 is -0.933. The van der Waals surface area contributed by atoms with Crippen LogP contribution in [0.5, 0.6) is 0 Å². The minimum absolute atomic E-state index is 0. The monoisotopic (exact) mass is 542 g/mol. The van der Waals surface area contributed by atoms with Crippen LogP contribution < -0.4 is 24.8 Å². The van der Waals surface area contributed by atoms with E-state index in [0.29, 0.717) is 41.8 Å². The molecule has 0 aliphatic heterocycles. The maximum Gasteiger partial charge on any atom is -1.00 e. The van der Waals surface area contributed by atoms with E-state index >= 15 is 0 Å². The Hall–Kier alpha value is 0.423. The van der Waals surface area contributed by atoms with Crippen LogP contribution in [0.3, 0.4) is 0 Å². The summed E-state index contributed by atoms with van der Waals surface area (Å²) in [6.45, 7) is 29.1.